The van der Waals surface area contributed by atoms with Crippen molar-refractivity contribution >= 4 is 11.8 Å². The molecule has 0 aliphatic rings. The van der Waals surface area contributed by atoms with Gasteiger partial charge in [0.25, 0.3) is 5.91 Å². The van der Waals surface area contributed by atoms with Crippen molar-refractivity contribution in [3.63, 3.8) is 0 Å². The van der Waals surface area contributed by atoms with E-state index in [4.69, 9.17) is 4.42 Å². The molecular weight excluding hydrogens is 301 g/mol. The fraction of sp³-hybridized carbons (Fsp3) is 0. The van der Waals surface area contributed by atoms with E-state index in [1.54, 1.807) is 30.3 Å². The highest BCUT2D eigenvalue weighted by atomic mass is 19.1. The molecule has 1 heterocycles. The quantitative estimate of drug-likeness (QED) is 0.687. The summed E-state index contributed by atoms with van der Waals surface area (Å²) in [5.74, 6) is -2.41. The summed E-state index contributed by atoms with van der Waals surface area (Å²) < 4.78 is 18.3. The highest BCUT2D eigenvalue weighted by Gasteiger charge is 2.22. The maximum atomic E-state index is 12.9. The fourth-order valence-electron chi connectivity index (χ4n) is 2.06. The Morgan fingerprint density at radius 3 is 2.26 bits per heavy atom. The molecular formula is C17H12FNO4. The molecule has 1 amide bonds. The van der Waals surface area contributed by atoms with Gasteiger partial charge < -0.3 is 14.6 Å². The fourth-order valence-corrected chi connectivity index (χ4v) is 2.06. The van der Waals surface area contributed by atoms with Crippen molar-refractivity contribution in [3.05, 3.63) is 66.0 Å². The molecule has 3 N–H and O–H groups in total. The summed E-state index contributed by atoms with van der Waals surface area (Å²) in [5, 5.41) is 22.2. The summed E-state index contributed by atoms with van der Waals surface area (Å²) in [7, 11) is 0. The number of hydrogen-bond donors (Lipinski definition) is 3. The van der Waals surface area contributed by atoms with Gasteiger partial charge >= 0.3 is 0 Å². The van der Waals surface area contributed by atoms with E-state index in [-0.39, 0.29) is 11.6 Å². The average Bonchev–Trinajstić information content (AvgIpc) is 2.85. The van der Waals surface area contributed by atoms with Gasteiger partial charge in [0.1, 0.15) is 5.82 Å². The Hall–Kier alpha value is -3.28. The Kier molecular flexibility index (Phi) is 3.72. The number of anilines is 1. The van der Waals surface area contributed by atoms with Gasteiger partial charge in [-0.1, -0.05) is 18.2 Å². The molecule has 5 nitrogen and oxygen atoms in total. The topological polar surface area (TPSA) is 82.7 Å². The lowest BCUT2D eigenvalue weighted by atomic mass is 10.1. The molecule has 0 aliphatic carbocycles. The maximum absolute atomic E-state index is 12.9. The van der Waals surface area contributed by atoms with E-state index in [1.165, 1.54) is 24.3 Å². The average molecular weight is 313 g/mol. The smallest absolute Gasteiger partial charge is 0.258 e. The molecule has 3 aromatic rings. The van der Waals surface area contributed by atoms with Crippen LogP contribution in [0.15, 0.2) is 59.0 Å². The van der Waals surface area contributed by atoms with Gasteiger partial charge in [-0.05, 0) is 36.4 Å². The summed E-state index contributed by atoms with van der Waals surface area (Å²) >= 11 is 0. The minimum absolute atomic E-state index is 0.0640. The number of furan rings is 1. The van der Waals surface area contributed by atoms with Gasteiger partial charge in [-0.25, -0.2) is 4.39 Å². The van der Waals surface area contributed by atoms with Crippen LogP contribution in [0.4, 0.5) is 10.3 Å². The zero-order valence-corrected chi connectivity index (χ0v) is 11.8. The summed E-state index contributed by atoms with van der Waals surface area (Å²) in [5.41, 5.74) is 0.727. The molecule has 23 heavy (non-hydrogen) atoms. The van der Waals surface area contributed by atoms with Gasteiger partial charge in [-0.2, -0.15) is 0 Å². The number of aromatic hydroxyl groups is 2. The van der Waals surface area contributed by atoms with E-state index in [9.17, 15) is 19.4 Å². The van der Waals surface area contributed by atoms with Crippen molar-refractivity contribution < 1.29 is 23.8 Å². The van der Waals surface area contributed by atoms with Crippen LogP contribution in [0.25, 0.3) is 11.3 Å². The number of halogens is 1. The van der Waals surface area contributed by atoms with Gasteiger partial charge in [0.15, 0.2) is 5.76 Å². The van der Waals surface area contributed by atoms with Gasteiger partial charge in [0, 0.05) is 11.1 Å². The number of hydrogen-bond acceptors (Lipinski definition) is 4. The summed E-state index contributed by atoms with van der Waals surface area (Å²) in [4.78, 5) is 12.1. The van der Waals surface area contributed by atoms with Gasteiger partial charge in [0.2, 0.25) is 17.4 Å². The first-order valence-electron chi connectivity index (χ1n) is 6.73. The van der Waals surface area contributed by atoms with E-state index in [1.807, 2.05) is 0 Å². The standard InChI is InChI=1S/C17H12FNO4/c18-12-8-6-10(7-9-12)15-13(20)14(21)17(23-15)19-16(22)11-4-2-1-3-5-11/h1-9,20-21H,(H,19,22). The second-order valence-corrected chi connectivity index (χ2v) is 4.78. The SMILES string of the molecule is O=C(Nc1oc(-c2ccc(F)cc2)c(O)c1O)c1ccccc1. The first-order chi connectivity index (χ1) is 11.1. The van der Waals surface area contributed by atoms with Crippen LogP contribution < -0.4 is 5.32 Å². The summed E-state index contributed by atoms with van der Waals surface area (Å²) in [6.07, 6.45) is 0. The van der Waals surface area contributed by atoms with E-state index in [0.29, 0.717) is 11.1 Å². The van der Waals surface area contributed by atoms with E-state index in [2.05, 4.69) is 5.32 Å². The molecule has 0 spiro atoms. The van der Waals surface area contributed by atoms with Crippen LogP contribution in [0.2, 0.25) is 0 Å². The molecule has 116 valence electrons. The van der Waals surface area contributed by atoms with Crippen LogP contribution in [-0.2, 0) is 0 Å². The Bertz CT molecular complexity index is 841. The Morgan fingerprint density at radius 2 is 1.61 bits per heavy atom. The largest absolute Gasteiger partial charge is 0.502 e. The van der Waals surface area contributed by atoms with Crippen LogP contribution in [0.3, 0.4) is 0 Å². The molecule has 2 aromatic carbocycles. The van der Waals surface area contributed by atoms with Crippen molar-refractivity contribution in [2.24, 2.45) is 0 Å². The second-order valence-electron chi connectivity index (χ2n) is 4.78. The lowest BCUT2D eigenvalue weighted by molar-refractivity contribution is 0.102. The second kappa shape index (κ2) is 5.84. The number of nitrogens with one attached hydrogen (secondary N) is 1. The van der Waals surface area contributed by atoms with E-state index >= 15 is 0 Å². The van der Waals surface area contributed by atoms with Gasteiger partial charge in [0.05, 0.1) is 0 Å². The highest BCUT2D eigenvalue weighted by Crippen LogP contribution is 2.45. The van der Waals surface area contributed by atoms with Gasteiger partial charge in [-0.3, -0.25) is 10.1 Å². The lowest BCUT2D eigenvalue weighted by Gasteiger charge is -2.02. The first-order valence-corrected chi connectivity index (χ1v) is 6.73. The summed E-state index contributed by atoms with van der Waals surface area (Å²) in [6, 6.07) is 13.5. The van der Waals surface area contributed by atoms with Crippen molar-refractivity contribution in [3.8, 4) is 22.8 Å². The zero-order chi connectivity index (χ0) is 16.4. The predicted octanol–water partition coefficient (Wildman–Crippen LogP) is 3.75. The zero-order valence-electron chi connectivity index (χ0n) is 11.8. The van der Waals surface area contributed by atoms with Crippen LogP contribution in [0.5, 0.6) is 11.5 Å². The van der Waals surface area contributed by atoms with Crippen LogP contribution in [0.1, 0.15) is 10.4 Å². The third kappa shape index (κ3) is 2.87. The molecule has 0 bridgehead atoms. The molecule has 1 aromatic heterocycles. The van der Waals surface area contributed by atoms with Crippen molar-refractivity contribution in [2.45, 2.75) is 0 Å². The molecule has 0 radical (unpaired) electrons. The molecule has 0 atom stereocenters. The van der Waals surface area contributed by atoms with Crippen molar-refractivity contribution in [1.82, 2.24) is 0 Å². The van der Waals surface area contributed by atoms with Crippen LogP contribution in [-0.4, -0.2) is 16.1 Å². The first kappa shape index (κ1) is 14.6. The number of rotatable bonds is 3. The monoisotopic (exact) mass is 313 g/mol. The number of carbonyl (C=O) groups is 1. The predicted molar refractivity (Wildman–Crippen MR) is 81.8 cm³/mol. The molecule has 0 saturated heterocycles. The van der Waals surface area contributed by atoms with E-state index < -0.39 is 23.2 Å². The Labute approximate surface area is 130 Å². The molecule has 0 aliphatic heterocycles. The Morgan fingerprint density at radius 1 is 0.957 bits per heavy atom. The third-order valence-electron chi connectivity index (χ3n) is 3.23. The van der Waals surface area contributed by atoms with Crippen LogP contribution in [0, 0.1) is 5.82 Å². The van der Waals surface area contributed by atoms with Crippen LogP contribution >= 0.6 is 0 Å². The molecule has 6 heteroatoms. The third-order valence-corrected chi connectivity index (χ3v) is 3.23. The molecule has 3 rings (SSSR count). The van der Waals surface area contributed by atoms with E-state index in [0.717, 1.165) is 0 Å². The number of amides is 1. The highest BCUT2D eigenvalue weighted by molar-refractivity contribution is 6.04. The lowest BCUT2D eigenvalue weighted by Crippen LogP contribution is -2.10. The normalized spacial score (nSPS) is 10.5. The number of benzene rings is 2. The van der Waals surface area contributed by atoms with Crippen molar-refractivity contribution in [2.75, 3.05) is 5.32 Å². The molecule has 0 fully saturated rings. The molecule has 0 saturated carbocycles. The summed E-state index contributed by atoms with van der Waals surface area (Å²) in [6.45, 7) is 0. The molecule has 0 unspecified atom stereocenters. The van der Waals surface area contributed by atoms with Gasteiger partial charge in [-0.15, -0.1) is 0 Å². The maximum Gasteiger partial charge on any atom is 0.258 e. The number of carbonyl (C=O) groups excluding carboxylic acids is 1. The minimum atomic E-state index is -0.589. The Balaban J connectivity index is 1.91. The minimum Gasteiger partial charge on any atom is -0.502 e. The van der Waals surface area contributed by atoms with Crippen molar-refractivity contribution in [1.29, 1.82) is 0 Å².